The standard InChI is InChI=1S/C13H17N/c1-3-10(4-1)12-7-6-11-5-2-8-14-13(11)9-12/h6-7,9-10,14H,1-5,8H2. The highest BCUT2D eigenvalue weighted by atomic mass is 14.9. The van der Waals surface area contributed by atoms with E-state index in [4.69, 9.17) is 0 Å². The molecule has 0 saturated heterocycles. The van der Waals surface area contributed by atoms with E-state index >= 15 is 0 Å². The van der Waals surface area contributed by atoms with Gasteiger partial charge in [0.05, 0.1) is 0 Å². The molecule has 1 fully saturated rings. The van der Waals surface area contributed by atoms with Gasteiger partial charge in [0.2, 0.25) is 0 Å². The zero-order chi connectivity index (χ0) is 9.38. The molecule has 1 aliphatic carbocycles. The molecule has 2 aliphatic rings. The van der Waals surface area contributed by atoms with Crippen LogP contribution in [-0.4, -0.2) is 6.54 Å². The molecule has 1 nitrogen and oxygen atoms in total. The van der Waals surface area contributed by atoms with Gasteiger partial charge in [-0.2, -0.15) is 0 Å². The van der Waals surface area contributed by atoms with Crippen LogP contribution in [0.3, 0.4) is 0 Å². The molecule has 1 saturated carbocycles. The second-order valence-corrected chi connectivity index (χ2v) is 4.57. The van der Waals surface area contributed by atoms with Gasteiger partial charge in [-0.25, -0.2) is 0 Å². The molecule has 1 aliphatic heterocycles. The van der Waals surface area contributed by atoms with Gasteiger partial charge in [0, 0.05) is 12.2 Å². The van der Waals surface area contributed by atoms with E-state index < -0.39 is 0 Å². The Bertz CT molecular complexity index is 339. The average molecular weight is 187 g/mol. The molecule has 0 aromatic heterocycles. The number of anilines is 1. The quantitative estimate of drug-likeness (QED) is 0.711. The van der Waals surface area contributed by atoms with Gasteiger partial charge in [-0.1, -0.05) is 18.6 Å². The maximum atomic E-state index is 3.51. The third-order valence-electron chi connectivity index (χ3n) is 3.65. The molecule has 1 N–H and O–H groups in total. The predicted molar refractivity (Wildman–Crippen MR) is 59.8 cm³/mol. The molecule has 0 spiro atoms. The van der Waals surface area contributed by atoms with Crippen molar-refractivity contribution in [1.29, 1.82) is 0 Å². The summed E-state index contributed by atoms with van der Waals surface area (Å²) < 4.78 is 0. The molecule has 1 heteroatoms. The summed E-state index contributed by atoms with van der Waals surface area (Å²) in [5.41, 5.74) is 4.48. The number of aryl methyl sites for hydroxylation is 1. The molecular formula is C13H17N. The van der Waals surface area contributed by atoms with Crippen molar-refractivity contribution < 1.29 is 0 Å². The van der Waals surface area contributed by atoms with Crippen LogP contribution in [0.2, 0.25) is 0 Å². The van der Waals surface area contributed by atoms with Crippen LogP contribution in [0.25, 0.3) is 0 Å². The van der Waals surface area contributed by atoms with Crippen molar-refractivity contribution in [1.82, 2.24) is 0 Å². The van der Waals surface area contributed by atoms with E-state index in [1.54, 1.807) is 5.56 Å². The third kappa shape index (κ3) is 1.31. The van der Waals surface area contributed by atoms with E-state index in [1.807, 2.05) is 0 Å². The van der Waals surface area contributed by atoms with E-state index in [0.29, 0.717) is 0 Å². The van der Waals surface area contributed by atoms with Crippen molar-refractivity contribution in [3.8, 4) is 0 Å². The Balaban J connectivity index is 1.92. The van der Waals surface area contributed by atoms with Gasteiger partial charge in [0.15, 0.2) is 0 Å². The van der Waals surface area contributed by atoms with Crippen molar-refractivity contribution in [3.63, 3.8) is 0 Å². The number of nitrogens with one attached hydrogen (secondary N) is 1. The summed E-state index contributed by atoms with van der Waals surface area (Å²) >= 11 is 0. The highest BCUT2D eigenvalue weighted by molar-refractivity contribution is 5.55. The monoisotopic (exact) mass is 187 g/mol. The molecule has 1 aromatic rings. The maximum Gasteiger partial charge on any atom is 0.0375 e. The Morgan fingerprint density at radius 2 is 2.07 bits per heavy atom. The molecule has 0 radical (unpaired) electrons. The summed E-state index contributed by atoms with van der Waals surface area (Å²) in [6, 6.07) is 7.06. The minimum Gasteiger partial charge on any atom is -0.385 e. The highest BCUT2D eigenvalue weighted by Gasteiger charge is 2.20. The van der Waals surface area contributed by atoms with E-state index in [1.165, 1.54) is 43.4 Å². The fraction of sp³-hybridized carbons (Fsp3) is 0.538. The first-order valence-electron chi connectivity index (χ1n) is 5.80. The minimum atomic E-state index is 0.865. The number of fused-ring (bicyclic) bond motifs is 1. The van der Waals surface area contributed by atoms with Gasteiger partial charge >= 0.3 is 0 Å². The van der Waals surface area contributed by atoms with Crippen LogP contribution in [0.5, 0.6) is 0 Å². The van der Waals surface area contributed by atoms with E-state index in [2.05, 4.69) is 23.5 Å². The van der Waals surface area contributed by atoms with Crippen LogP contribution >= 0.6 is 0 Å². The molecule has 1 heterocycles. The lowest BCUT2D eigenvalue weighted by Gasteiger charge is -2.27. The molecule has 0 amide bonds. The van der Waals surface area contributed by atoms with Gasteiger partial charge in [-0.15, -0.1) is 0 Å². The number of hydrogen-bond donors (Lipinski definition) is 1. The largest absolute Gasteiger partial charge is 0.385 e. The van der Waals surface area contributed by atoms with Gasteiger partial charge in [-0.3, -0.25) is 0 Å². The predicted octanol–water partition coefficient (Wildman–Crippen LogP) is 3.31. The number of rotatable bonds is 1. The van der Waals surface area contributed by atoms with Crippen molar-refractivity contribution >= 4 is 5.69 Å². The molecule has 74 valence electrons. The number of hydrogen-bond acceptors (Lipinski definition) is 1. The van der Waals surface area contributed by atoms with Crippen LogP contribution < -0.4 is 5.32 Å². The van der Waals surface area contributed by atoms with E-state index in [9.17, 15) is 0 Å². The average Bonchev–Trinajstić information content (AvgIpc) is 2.15. The first kappa shape index (κ1) is 8.34. The smallest absolute Gasteiger partial charge is 0.0375 e. The van der Waals surface area contributed by atoms with Gasteiger partial charge in [0.1, 0.15) is 0 Å². The van der Waals surface area contributed by atoms with E-state index in [0.717, 1.165) is 12.5 Å². The summed E-state index contributed by atoms with van der Waals surface area (Å²) in [4.78, 5) is 0. The summed E-state index contributed by atoms with van der Waals surface area (Å²) in [7, 11) is 0. The Hall–Kier alpha value is -0.980. The van der Waals surface area contributed by atoms with Gasteiger partial charge in [0.25, 0.3) is 0 Å². The van der Waals surface area contributed by atoms with Gasteiger partial charge in [-0.05, 0) is 48.8 Å². The molecule has 3 rings (SSSR count). The van der Waals surface area contributed by atoms with Crippen molar-refractivity contribution in [2.24, 2.45) is 0 Å². The van der Waals surface area contributed by atoms with Crippen molar-refractivity contribution in [2.45, 2.75) is 38.0 Å². The Kier molecular flexibility index (Phi) is 1.97. The zero-order valence-corrected chi connectivity index (χ0v) is 8.55. The lowest BCUT2D eigenvalue weighted by molar-refractivity contribution is 0.420. The first-order valence-corrected chi connectivity index (χ1v) is 5.80. The molecule has 1 aromatic carbocycles. The third-order valence-corrected chi connectivity index (χ3v) is 3.65. The summed E-state index contributed by atoms with van der Waals surface area (Å²) in [6.07, 6.45) is 6.77. The molecule has 0 bridgehead atoms. The second kappa shape index (κ2) is 3.30. The minimum absolute atomic E-state index is 0.865. The Morgan fingerprint density at radius 1 is 1.14 bits per heavy atom. The molecule has 14 heavy (non-hydrogen) atoms. The fourth-order valence-electron chi connectivity index (χ4n) is 2.47. The van der Waals surface area contributed by atoms with Crippen LogP contribution in [0, 0.1) is 0 Å². The first-order chi connectivity index (χ1) is 6.93. The highest BCUT2D eigenvalue weighted by Crippen LogP contribution is 2.38. The second-order valence-electron chi connectivity index (χ2n) is 4.57. The van der Waals surface area contributed by atoms with Crippen LogP contribution in [0.4, 0.5) is 5.69 Å². The molecule has 0 unspecified atom stereocenters. The van der Waals surface area contributed by atoms with Crippen LogP contribution in [-0.2, 0) is 6.42 Å². The lowest BCUT2D eigenvalue weighted by atomic mass is 9.79. The van der Waals surface area contributed by atoms with Gasteiger partial charge < -0.3 is 5.32 Å². The fourth-order valence-corrected chi connectivity index (χ4v) is 2.47. The van der Waals surface area contributed by atoms with E-state index in [-0.39, 0.29) is 0 Å². The molecular weight excluding hydrogens is 170 g/mol. The summed E-state index contributed by atoms with van der Waals surface area (Å²) in [6.45, 7) is 1.15. The zero-order valence-electron chi connectivity index (χ0n) is 8.55. The summed E-state index contributed by atoms with van der Waals surface area (Å²) in [5, 5.41) is 3.51. The Labute approximate surface area is 85.5 Å². The van der Waals surface area contributed by atoms with Crippen LogP contribution in [0.15, 0.2) is 18.2 Å². The lowest BCUT2D eigenvalue weighted by Crippen LogP contribution is -2.14. The van der Waals surface area contributed by atoms with Crippen LogP contribution in [0.1, 0.15) is 42.7 Å². The van der Waals surface area contributed by atoms with Crippen molar-refractivity contribution in [3.05, 3.63) is 29.3 Å². The Morgan fingerprint density at radius 3 is 2.86 bits per heavy atom. The maximum absolute atomic E-state index is 3.51. The topological polar surface area (TPSA) is 12.0 Å². The normalized spacial score (nSPS) is 20.9. The SMILES string of the molecule is c1cc2c(cc1C1CCC1)NCCC2. The number of benzene rings is 1. The molecule has 0 atom stereocenters. The summed E-state index contributed by atoms with van der Waals surface area (Å²) in [5.74, 6) is 0.865. The van der Waals surface area contributed by atoms with Crippen molar-refractivity contribution in [2.75, 3.05) is 11.9 Å².